The summed E-state index contributed by atoms with van der Waals surface area (Å²) in [5.41, 5.74) is 0.899. The summed E-state index contributed by atoms with van der Waals surface area (Å²) in [5, 5.41) is 0.718. The van der Waals surface area contributed by atoms with Crippen molar-refractivity contribution in [2.24, 2.45) is 0 Å². The number of fused-ring (bicyclic) bond motifs is 2. The zero-order chi connectivity index (χ0) is 22.9. The Morgan fingerprint density at radius 3 is 2.70 bits per heavy atom. The van der Waals surface area contributed by atoms with Crippen molar-refractivity contribution in [3.05, 3.63) is 93.1 Å². The summed E-state index contributed by atoms with van der Waals surface area (Å²) in [4.78, 5) is 37.0. The minimum Gasteiger partial charge on any atom is -0.494 e. The third-order valence-corrected chi connectivity index (χ3v) is 5.78. The van der Waals surface area contributed by atoms with E-state index >= 15 is 0 Å². The Labute approximate surface area is 194 Å². The van der Waals surface area contributed by atoms with Crippen LogP contribution in [-0.4, -0.2) is 22.5 Å². The van der Waals surface area contributed by atoms with Crippen LogP contribution in [0, 0.1) is 0 Å². The van der Waals surface area contributed by atoms with Crippen molar-refractivity contribution in [2.75, 3.05) is 11.5 Å². The number of hydrogen-bond donors (Lipinski definition) is 0. The van der Waals surface area contributed by atoms with Crippen LogP contribution >= 0.6 is 11.6 Å². The summed E-state index contributed by atoms with van der Waals surface area (Å²) < 4.78 is 11.8. The van der Waals surface area contributed by atoms with Gasteiger partial charge in [-0.3, -0.25) is 14.5 Å². The molecule has 2 aromatic heterocycles. The molecule has 0 fully saturated rings. The van der Waals surface area contributed by atoms with Gasteiger partial charge in [0.2, 0.25) is 11.7 Å². The lowest BCUT2D eigenvalue weighted by molar-refractivity contribution is 0.0969. The smallest absolute Gasteiger partial charge is 0.297 e. The Bertz CT molecular complexity index is 1400. The zero-order valence-corrected chi connectivity index (χ0v) is 18.6. The van der Waals surface area contributed by atoms with Gasteiger partial charge in [-0.05, 0) is 48.4 Å². The van der Waals surface area contributed by atoms with E-state index in [1.54, 1.807) is 36.7 Å². The molecule has 7 nitrogen and oxygen atoms in total. The summed E-state index contributed by atoms with van der Waals surface area (Å²) in [6, 6.07) is 13.0. The highest BCUT2D eigenvalue weighted by Gasteiger charge is 2.45. The average Bonchev–Trinajstić information content (AvgIpc) is 3.13. The number of halogens is 1. The highest BCUT2D eigenvalue weighted by Crippen LogP contribution is 2.40. The monoisotopic (exact) mass is 461 g/mol. The molecule has 5 rings (SSSR count). The second-order valence-corrected chi connectivity index (χ2v) is 8.15. The molecular formula is C25H20ClN3O4. The van der Waals surface area contributed by atoms with Gasteiger partial charge in [-0.25, -0.2) is 9.97 Å². The average molecular weight is 462 g/mol. The number of unbranched alkanes of at least 4 members (excludes halogenated alkanes) is 1. The Morgan fingerprint density at radius 2 is 1.91 bits per heavy atom. The molecule has 1 atom stereocenters. The molecule has 0 radical (unpaired) electrons. The van der Waals surface area contributed by atoms with E-state index in [1.165, 1.54) is 4.90 Å². The molecule has 0 saturated heterocycles. The quantitative estimate of drug-likeness (QED) is 0.368. The largest absolute Gasteiger partial charge is 0.494 e. The fourth-order valence-electron chi connectivity index (χ4n) is 3.99. The fraction of sp³-hybridized carbons (Fsp3) is 0.200. The Kier molecular flexibility index (Phi) is 5.56. The number of ether oxygens (including phenoxy) is 1. The van der Waals surface area contributed by atoms with Gasteiger partial charge in [-0.2, -0.15) is 0 Å². The Morgan fingerprint density at radius 1 is 1.09 bits per heavy atom. The van der Waals surface area contributed by atoms with Gasteiger partial charge in [0.1, 0.15) is 11.3 Å². The van der Waals surface area contributed by atoms with E-state index in [-0.39, 0.29) is 22.7 Å². The number of amides is 1. The minimum absolute atomic E-state index is 0.0235. The van der Waals surface area contributed by atoms with Crippen LogP contribution in [0.15, 0.2) is 70.1 Å². The van der Waals surface area contributed by atoms with Gasteiger partial charge in [-0.1, -0.05) is 37.1 Å². The van der Waals surface area contributed by atoms with E-state index < -0.39 is 11.9 Å². The third-order valence-electron chi connectivity index (χ3n) is 5.54. The SMILES string of the molecule is CCCCOc1cccc(C2c3c(oc4ccc(Cl)cc4c3=O)C(=O)N2c2ncccn2)c1. The van der Waals surface area contributed by atoms with E-state index in [9.17, 15) is 9.59 Å². The molecule has 3 heterocycles. The number of carbonyl (C=O) groups is 1. The number of hydrogen-bond acceptors (Lipinski definition) is 6. The lowest BCUT2D eigenvalue weighted by atomic mass is 9.98. The van der Waals surface area contributed by atoms with Gasteiger partial charge in [0, 0.05) is 17.4 Å². The molecule has 0 N–H and O–H groups in total. The van der Waals surface area contributed by atoms with Crippen molar-refractivity contribution >= 4 is 34.4 Å². The second-order valence-electron chi connectivity index (χ2n) is 7.72. The molecule has 0 aliphatic carbocycles. The van der Waals surface area contributed by atoms with E-state index in [0.29, 0.717) is 33.9 Å². The molecule has 1 unspecified atom stereocenters. The third kappa shape index (κ3) is 3.74. The normalized spacial score (nSPS) is 15.2. The first-order valence-electron chi connectivity index (χ1n) is 10.7. The number of nitrogens with zero attached hydrogens (tertiary/aromatic N) is 3. The Balaban J connectivity index is 1.71. The van der Waals surface area contributed by atoms with Crippen molar-refractivity contribution in [3.8, 4) is 5.75 Å². The van der Waals surface area contributed by atoms with Crippen LogP contribution in [0.2, 0.25) is 5.02 Å². The van der Waals surface area contributed by atoms with Crippen molar-refractivity contribution < 1.29 is 13.9 Å². The van der Waals surface area contributed by atoms with Crippen molar-refractivity contribution in [3.63, 3.8) is 0 Å². The number of carbonyl (C=O) groups excluding carboxylic acids is 1. The van der Waals surface area contributed by atoms with Gasteiger partial charge in [0.15, 0.2) is 5.43 Å². The summed E-state index contributed by atoms with van der Waals surface area (Å²) >= 11 is 6.13. The second kappa shape index (κ2) is 8.67. The van der Waals surface area contributed by atoms with Gasteiger partial charge in [0.25, 0.3) is 5.91 Å². The zero-order valence-electron chi connectivity index (χ0n) is 17.8. The molecule has 1 amide bonds. The van der Waals surface area contributed by atoms with Crippen LogP contribution in [0.4, 0.5) is 5.95 Å². The molecule has 0 saturated carbocycles. The summed E-state index contributed by atoms with van der Waals surface area (Å²) in [6.45, 7) is 2.67. The molecule has 1 aliphatic heterocycles. The molecule has 0 bridgehead atoms. The topological polar surface area (TPSA) is 85.5 Å². The van der Waals surface area contributed by atoms with Crippen molar-refractivity contribution in [1.82, 2.24) is 9.97 Å². The standard InChI is InChI=1S/C25H20ClN3O4/c1-2-3-12-32-17-7-4-6-15(13-17)21-20-22(30)18-14-16(26)8-9-19(18)33-23(20)24(31)29(21)25-27-10-5-11-28-25/h4-11,13-14,21H,2-3,12H2,1H3. The van der Waals surface area contributed by atoms with Crippen LogP contribution in [-0.2, 0) is 0 Å². The first kappa shape index (κ1) is 21.2. The summed E-state index contributed by atoms with van der Waals surface area (Å²) in [7, 11) is 0. The molecule has 33 heavy (non-hydrogen) atoms. The maximum absolute atomic E-state index is 13.6. The lowest BCUT2D eigenvalue weighted by Crippen LogP contribution is -2.31. The molecule has 166 valence electrons. The van der Waals surface area contributed by atoms with Crippen LogP contribution in [0.25, 0.3) is 11.0 Å². The van der Waals surface area contributed by atoms with Gasteiger partial charge >= 0.3 is 0 Å². The number of benzene rings is 2. The molecule has 4 aromatic rings. The first-order valence-corrected chi connectivity index (χ1v) is 11.1. The lowest BCUT2D eigenvalue weighted by Gasteiger charge is -2.23. The maximum Gasteiger partial charge on any atom is 0.297 e. The van der Waals surface area contributed by atoms with E-state index in [2.05, 4.69) is 16.9 Å². The van der Waals surface area contributed by atoms with E-state index in [1.807, 2.05) is 24.3 Å². The van der Waals surface area contributed by atoms with E-state index in [4.69, 9.17) is 20.8 Å². The number of anilines is 1. The van der Waals surface area contributed by atoms with Crippen LogP contribution in [0.1, 0.15) is 47.5 Å². The molecule has 2 aromatic carbocycles. The van der Waals surface area contributed by atoms with Gasteiger partial charge < -0.3 is 9.15 Å². The van der Waals surface area contributed by atoms with Crippen LogP contribution in [0.5, 0.6) is 5.75 Å². The number of rotatable bonds is 6. The fourth-order valence-corrected chi connectivity index (χ4v) is 4.16. The van der Waals surface area contributed by atoms with Gasteiger partial charge in [0.05, 0.1) is 23.6 Å². The highest BCUT2D eigenvalue weighted by molar-refractivity contribution is 6.31. The van der Waals surface area contributed by atoms with Gasteiger partial charge in [-0.15, -0.1) is 0 Å². The molecule has 8 heteroatoms. The Hall–Kier alpha value is -3.71. The first-order chi connectivity index (χ1) is 16.1. The predicted molar refractivity (Wildman–Crippen MR) is 125 cm³/mol. The molecule has 1 aliphatic rings. The highest BCUT2D eigenvalue weighted by atomic mass is 35.5. The summed E-state index contributed by atoms with van der Waals surface area (Å²) in [6.07, 6.45) is 5.03. The summed E-state index contributed by atoms with van der Waals surface area (Å²) in [5.74, 6) is 0.332. The number of aromatic nitrogens is 2. The van der Waals surface area contributed by atoms with Crippen molar-refractivity contribution in [2.45, 2.75) is 25.8 Å². The molecule has 0 spiro atoms. The molecular weight excluding hydrogens is 442 g/mol. The van der Waals surface area contributed by atoms with Crippen LogP contribution < -0.4 is 15.1 Å². The minimum atomic E-state index is -0.774. The van der Waals surface area contributed by atoms with Crippen molar-refractivity contribution in [1.29, 1.82) is 0 Å². The van der Waals surface area contributed by atoms with E-state index in [0.717, 1.165) is 12.8 Å². The van der Waals surface area contributed by atoms with Crippen LogP contribution in [0.3, 0.4) is 0 Å². The maximum atomic E-state index is 13.6. The predicted octanol–water partition coefficient (Wildman–Crippen LogP) is 5.17.